The minimum absolute atomic E-state index is 0.467. The van der Waals surface area contributed by atoms with E-state index in [1.165, 1.54) is 5.56 Å². The Kier molecular flexibility index (Phi) is 8.36. The second-order valence-electron chi connectivity index (χ2n) is 6.65. The Morgan fingerprint density at radius 3 is 2.67 bits per heavy atom. The Hall–Kier alpha value is -2.29. The molecule has 9 heteroatoms. The molecular formula is C21H26ClN5O2S. The number of thioether (sulfide) groups is 1. The van der Waals surface area contributed by atoms with E-state index in [2.05, 4.69) is 39.9 Å². The van der Waals surface area contributed by atoms with Crippen LogP contribution in [0.4, 0.5) is 0 Å². The van der Waals surface area contributed by atoms with Crippen LogP contribution < -0.4 is 14.8 Å². The molecule has 0 saturated carbocycles. The quantitative estimate of drug-likeness (QED) is 0.351. The number of ether oxygens (including phenoxy) is 2. The molecule has 0 spiro atoms. The molecule has 2 aromatic carbocycles. The van der Waals surface area contributed by atoms with E-state index in [0.29, 0.717) is 36.3 Å². The molecule has 1 aromatic heterocycles. The SMILES string of the molecule is CCOc1cc(CNCCSc2nnnn2C)c(Cl)cc1OCc1ccccc1C. The first-order chi connectivity index (χ1) is 14.6. The normalized spacial score (nSPS) is 10.9. The average Bonchev–Trinajstić information content (AvgIpc) is 3.14. The van der Waals surface area contributed by atoms with Gasteiger partial charge in [0.15, 0.2) is 11.5 Å². The Bertz CT molecular complexity index is 966. The molecule has 1 heterocycles. The van der Waals surface area contributed by atoms with Crippen molar-refractivity contribution in [2.75, 3.05) is 18.9 Å². The number of nitrogens with one attached hydrogen (secondary N) is 1. The Morgan fingerprint density at radius 2 is 1.93 bits per heavy atom. The first-order valence-corrected chi connectivity index (χ1v) is 11.1. The predicted octanol–water partition coefficient (Wildman–Crippen LogP) is 4.03. The van der Waals surface area contributed by atoms with E-state index in [1.54, 1.807) is 16.4 Å². The lowest BCUT2D eigenvalue weighted by Crippen LogP contribution is -2.17. The van der Waals surface area contributed by atoms with Gasteiger partial charge in [-0.3, -0.25) is 0 Å². The van der Waals surface area contributed by atoms with Gasteiger partial charge in [0.2, 0.25) is 5.16 Å². The summed E-state index contributed by atoms with van der Waals surface area (Å²) in [5.41, 5.74) is 3.29. The van der Waals surface area contributed by atoms with Crippen molar-refractivity contribution in [1.29, 1.82) is 0 Å². The van der Waals surface area contributed by atoms with Crippen molar-refractivity contribution in [2.24, 2.45) is 7.05 Å². The van der Waals surface area contributed by atoms with Crippen LogP contribution in [-0.4, -0.2) is 39.1 Å². The van der Waals surface area contributed by atoms with Gasteiger partial charge in [-0.15, -0.1) is 5.10 Å². The monoisotopic (exact) mass is 447 g/mol. The van der Waals surface area contributed by atoms with Gasteiger partial charge < -0.3 is 14.8 Å². The molecule has 0 radical (unpaired) electrons. The van der Waals surface area contributed by atoms with E-state index in [9.17, 15) is 0 Å². The molecule has 3 rings (SSSR count). The first-order valence-electron chi connectivity index (χ1n) is 9.77. The highest BCUT2D eigenvalue weighted by Gasteiger charge is 2.12. The number of halogens is 1. The topological polar surface area (TPSA) is 74.1 Å². The number of rotatable bonds is 11. The lowest BCUT2D eigenvalue weighted by atomic mass is 10.1. The van der Waals surface area contributed by atoms with Gasteiger partial charge in [-0.05, 0) is 47.0 Å². The van der Waals surface area contributed by atoms with Crippen LogP contribution in [0, 0.1) is 6.92 Å². The highest BCUT2D eigenvalue weighted by molar-refractivity contribution is 7.99. The zero-order valence-corrected chi connectivity index (χ0v) is 19.0. The van der Waals surface area contributed by atoms with Crippen molar-refractivity contribution in [3.63, 3.8) is 0 Å². The molecule has 0 bridgehead atoms. The number of hydrogen-bond acceptors (Lipinski definition) is 7. The van der Waals surface area contributed by atoms with Gasteiger partial charge in [-0.1, -0.05) is 47.6 Å². The van der Waals surface area contributed by atoms with Crippen LogP contribution in [0.2, 0.25) is 5.02 Å². The Morgan fingerprint density at radius 1 is 1.13 bits per heavy atom. The third-order valence-electron chi connectivity index (χ3n) is 4.46. The molecule has 7 nitrogen and oxygen atoms in total. The molecule has 0 amide bonds. The Balaban J connectivity index is 1.58. The summed E-state index contributed by atoms with van der Waals surface area (Å²) in [6.45, 7) is 6.48. The van der Waals surface area contributed by atoms with Gasteiger partial charge in [-0.2, -0.15) is 0 Å². The number of hydrogen-bond donors (Lipinski definition) is 1. The fourth-order valence-corrected chi connectivity index (χ4v) is 3.77. The summed E-state index contributed by atoms with van der Waals surface area (Å²) in [4.78, 5) is 0. The Labute approximate surface area is 186 Å². The number of tetrazole rings is 1. The van der Waals surface area contributed by atoms with Crippen molar-refractivity contribution in [3.8, 4) is 11.5 Å². The van der Waals surface area contributed by atoms with Crippen molar-refractivity contribution in [3.05, 3.63) is 58.1 Å². The number of benzene rings is 2. The van der Waals surface area contributed by atoms with Crippen LogP contribution in [0.15, 0.2) is 41.6 Å². The van der Waals surface area contributed by atoms with Crippen LogP contribution in [-0.2, 0) is 20.2 Å². The van der Waals surface area contributed by atoms with E-state index >= 15 is 0 Å². The third-order valence-corrected chi connectivity index (χ3v) is 5.83. The molecule has 3 aromatic rings. The maximum Gasteiger partial charge on any atom is 0.209 e. The fourth-order valence-electron chi connectivity index (χ4n) is 2.80. The minimum Gasteiger partial charge on any atom is -0.490 e. The summed E-state index contributed by atoms with van der Waals surface area (Å²) in [5, 5.41) is 16.3. The van der Waals surface area contributed by atoms with Gasteiger partial charge in [0, 0.05) is 37.0 Å². The van der Waals surface area contributed by atoms with Crippen LogP contribution in [0.1, 0.15) is 23.6 Å². The van der Waals surface area contributed by atoms with Crippen LogP contribution in [0.5, 0.6) is 11.5 Å². The summed E-state index contributed by atoms with van der Waals surface area (Å²) in [6, 6.07) is 11.9. The maximum absolute atomic E-state index is 6.52. The summed E-state index contributed by atoms with van der Waals surface area (Å²) in [7, 11) is 1.83. The summed E-state index contributed by atoms with van der Waals surface area (Å²) < 4.78 is 13.5. The number of nitrogens with zero attached hydrogens (tertiary/aromatic N) is 4. The van der Waals surface area contributed by atoms with Gasteiger partial charge in [-0.25, -0.2) is 4.68 Å². The molecule has 160 valence electrons. The fraction of sp³-hybridized carbons (Fsp3) is 0.381. The summed E-state index contributed by atoms with van der Waals surface area (Å²) in [5.74, 6) is 2.20. The van der Waals surface area contributed by atoms with Crippen molar-refractivity contribution < 1.29 is 9.47 Å². The maximum atomic E-state index is 6.52. The third kappa shape index (κ3) is 6.10. The van der Waals surface area contributed by atoms with E-state index in [4.69, 9.17) is 21.1 Å². The van der Waals surface area contributed by atoms with E-state index in [1.807, 2.05) is 38.2 Å². The highest BCUT2D eigenvalue weighted by atomic mass is 35.5. The van der Waals surface area contributed by atoms with Crippen molar-refractivity contribution in [2.45, 2.75) is 32.2 Å². The minimum atomic E-state index is 0.467. The second-order valence-corrected chi connectivity index (χ2v) is 8.12. The van der Waals surface area contributed by atoms with Crippen LogP contribution >= 0.6 is 23.4 Å². The highest BCUT2D eigenvalue weighted by Crippen LogP contribution is 2.34. The smallest absolute Gasteiger partial charge is 0.209 e. The summed E-state index contributed by atoms with van der Waals surface area (Å²) in [6.07, 6.45) is 0. The summed E-state index contributed by atoms with van der Waals surface area (Å²) >= 11 is 8.12. The lowest BCUT2D eigenvalue weighted by Gasteiger charge is -2.16. The average molecular weight is 448 g/mol. The molecule has 0 aliphatic heterocycles. The van der Waals surface area contributed by atoms with Crippen molar-refractivity contribution in [1.82, 2.24) is 25.5 Å². The predicted molar refractivity (Wildman–Crippen MR) is 119 cm³/mol. The first kappa shape index (κ1) is 22.4. The molecule has 30 heavy (non-hydrogen) atoms. The molecular weight excluding hydrogens is 422 g/mol. The molecule has 0 fully saturated rings. The molecule has 0 aliphatic rings. The van der Waals surface area contributed by atoms with Gasteiger partial charge in [0.05, 0.1) is 6.61 Å². The molecule has 0 aliphatic carbocycles. The number of aryl methyl sites for hydroxylation is 2. The van der Waals surface area contributed by atoms with E-state index in [-0.39, 0.29) is 0 Å². The van der Waals surface area contributed by atoms with Gasteiger partial charge >= 0.3 is 0 Å². The number of aromatic nitrogens is 4. The largest absolute Gasteiger partial charge is 0.490 e. The molecule has 1 N–H and O–H groups in total. The van der Waals surface area contributed by atoms with Gasteiger partial charge in [0.25, 0.3) is 0 Å². The van der Waals surface area contributed by atoms with Gasteiger partial charge in [0.1, 0.15) is 6.61 Å². The second kappa shape index (κ2) is 11.2. The van der Waals surface area contributed by atoms with Crippen LogP contribution in [0.3, 0.4) is 0 Å². The zero-order valence-electron chi connectivity index (χ0n) is 17.4. The lowest BCUT2D eigenvalue weighted by molar-refractivity contribution is 0.268. The zero-order chi connectivity index (χ0) is 21.3. The molecule has 0 atom stereocenters. The molecule has 0 unspecified atom stereocenters. The van der Waals surface area contributed by atoms with E-state index in [0.717, 1.165) is 28.6 Å². The standard InChI is InChI=1S/C21H26ClN5O2S/c1-4-28-19-11-17(13-23-9-10-30-21-24-25-26-27(21)3)18(22)12-20(19)29-14-16-8-6-5-7-15(16)2/h5-8,11-12,23H,4,9-10,13-14H2,1-3H3. The van der Waals surface area contributed by atoms with Crippen LogP contribution in [0.25, 0.3) is 0 Å². The van der Waals surface area contributed by atoms with Crippen molar-refractivity contribution >= 4 is 23.4 Å². The van der Waals surface area contributed by atoms with E-state index < -0.39 is 0 Å². The molecule has 0 saturated heterocycles.